The van der Waals surface area contributed by atoms with Crippen molar-refractivity contribution in [3.8, 4) is 0 Å². The average Bonchev–Trinajstić information content (AvgIpc) is 2.67. The Balaban J connectivity index is 1.96. The Kier molecular flexibility index (Phi) is 4.83. The lowest BCUT2D eigenvalue weighted by atomic mass is 9.68. The summed E-state index contributed by atoms with van der Waals surface area (Å²) in [5, 5.41) is 0. The van der Waals surface area contributed by atoms with E-state index >= 15 is 0 Å². The smallest absolute Gasteiger partial charge is 0.190 e. The molecule has 2 aromatic rings. The number of hydrogen-bond acceptors (Lipinski definition) is 2. The van der Waals surface area contributed by atoms with Gasteiger partial charge in [0.15, 0.2) is 11.6 Å². The fourth-order valence-electron chi connectivity index (χ4n) is 3.97. The molecule has 0 heterocycles. The van der Waals surface area contributed by atoms with E-state index in [0.717, 1.165) is 11.1 Å². The van der Waals surface area contributed by atoms with Gasteiger partial charge in [-0.1, -0.05) is 92.5 Å². The van der Waals surface area contributed by atoms with Gasteiger partial charge < -0.3 is 0 Å². The zero-order chi connectivity index (χ0) is 20.1. The minimum absolute atomic E-state index is 0.0340. The molecule has 0 spiro atoms. The number of ketones is 2. The van der Waals surface area contributed by atoms with Crippen LogP contribution in [-0.2, 0) is 9.59 Å². The van der Waals surface area contributed by atoms with Gasteiger partial charge >= 0.3 is 0 Å². The lowest BCUT2D eigenvalue weighted by Gasteiger charge is -2.44. The van der Waals surface area contributed by atoms with Gasteiger partial charge in [-0.15, -0.1) is 0 Å². The van der Waals surface area contributed by atoms with Crippen molar-refractivity contribution in [2.45, 2.75) is 35.3 Å². The zero-order valence-corrected chi connectivity index (χ0v) is 18.9. The maximum Gasteiger partial charge on any atom is 0.190 e. The van der Waals surface area contributed by atoms with Crippen molar-refractivity contribution in [2.24, 2.45) is 0 Å². The van der Waals surface area contributed by atoms with Gasteiger partial charge in [-0.2, -0.15) is 0 Å². The lowest BCUT2D eigenvalue weighted by molar-refractivity contribution is -0.114. The largest absolute Gasteiger partial charge is 0.289 e. The fraction of sp³-hybridized carbons (Fsp3) is 0.250. The van der Waals surface area contributed by atoms with Crippen molar-refractivity contribution in [1.82, 2.24) is 0 Å². The van der Waals surface area contributed by atoms with E-state index in [4.69, 9.17) is 0 Å². The summed E-state index contributed by atoms with van der Waals surface area (Å²) in [6.07, 6.45) is 1.01. The predicted octanol–water partition coefficient (Wildman–Crippen LogP) is 6.15. The quantitative estimate of drug-likeness (QED) is 0.367. The summed E-state index contributed by atoms with van der Waals surface area (Å²) in [4.78, 5) is 27.4. The van der Waals surface area contributed by atoms with E-state index in [1.54, 1.807) is 0 Å². The average molecular weight is 500 g/mol. The molecule has 0 unspecified atom stereocenters. The summed E-state index contributed by atoms with van der Waals surface area (Å²) in [6, 6.07) is 19.0. The summed E-state index contributed by atoms with van der Waals surface area (Å²) < 4.78 is -0.637. The van der Waals surface area contributed by atoms with Crippen LogP contribution >= 0.6 is 31.9 Å². The molecule has 2 aliphatic carbocycles. The van der Waals surface area contributed by atoms with Gasteiger partial charge in [0.05, 0.1) is 0 Å². The van der Waals surface area contributed by atoms with Crippen molar-refractivity contribution >= 4 is 54.6 Å². The van der Waals surface area contributed by atoms with E-state index in [2.05, 4.69) is 45.7 Å². The van der Waals surface area contributed by atoms with Gasteiger partial charge in [0.1, 0.15) is 0 Å². The molecule has 4 heteroatoms. The molecule has 2 atom stereocenters. The normalized spacial score (nSPS) is 27.9. The number of carbonyl (C=O) groups is 2. The Hall–Kier alpha value is -1.78. The first-order chi connectivity index (χ1) is 13.2. The van der Waals surface area contributed by atoms with Crippen LogP contribution in [0.25, 0.3) is 11.1 Å². The summed E-state index contributed by atoms with van der Waals surface area (Å²) in [7, 11) is 0. The number of halogens is 2. The number of allylic oxidation sites excluding steroid dienone is 4. The third-order valence-electron chi connectivity index (χ3n) is 5.85. The lowest BCUT2D eigenvalue weighted by Crippen LogP contribution is -2.46. The summed E-state index contributed by atoms with van der Waals surface area (Å²) >= 11 is 7.60. The standard InChI is InChI=1S/C24H20Br2O2/c1-23(25)13-17-18(14-24(23,2)26)22(28)20(16-11-7-4-8-12-16)19(21(17)27)15-9-5-3-6-10-15/h3-12H,13-14H2,1-2H3/t23-,24-/m1/s1. The van der Waals surface area contributed by atoms with Crippen LogP contribution in [0.1, 0.15) is 37.8 Å². The maximum atomic E-state index is 13.7. The first kappa shape index (κ1) is 19.5. The van der Waals surface area contributed by atoms with Crippen LogP contribution < -0.4 is 0 Å². The van der Waals surface area contributed by atoms with E-state index in [9.17, 15) is 9.59 Å². The molecule has 0 amide bonds. The van der Waals surface area contributed by atoms with Gasteiger partial charge in [-0.3, -0.25) is 9.59 Å². The Morgan fingerprint density at radius 3 is 1.29 bits per heavy atom. The second-order valence-corrected chi connectivity index (χ2v) is 11.3. The molecule has 0 saturated carbocycles. The van der Waals surface area contributed by atoms with Crippen molar-refractivity contribution in [1.29, 1.82) is 0 Å². The van der Waals surface area contributed by atoms with E-state index in [1.807, 2.05) is 60.7 Å². The van der Waals surface area contributed by atoms with Crippen LogP contribution in [0, 0.1) is 0 Å². The van der Waals surface area contributed by atoms with E-state index in [0.29, 0.717) is 35.1 Å². The van der Waals surface area contributed by atoms with Gasteiger partial charge in [0.2, 0.25) is 0 Å². The molecule has 2 aromatic carbocycles. The zero-order valence-electron chi connectivity index (χ0n) is 15.8. The number of rotatable bonds is 2. The Bertz CT molecular complexity index is 945. The summed E-state index contributed by atoms with van der Waals surface area (Å²) in [6.45, 7) is 4.14. The molecular formula is C24H20Br2O2. The van der Waals surface area contributed by atoms with Crippen LogP contribution in [0.2, 0.25) is 0 Å². The molecule has 4 rings (SSSR count). The second-order valence-electron chi connectivity index (χ2n) is 7.85. The number of alkyl halides is 2. The molecule has 0 fully saturated rings. The van der Waals surface area contributed by atoms with E-state index in [-0.39, 0.29) is 20.2 Å². The SMILES string of the molecule is C[C@@]1(Br)CC2=C(C[C@@]1(C)Br)C(=O)C(c1ccccc1)=C(c1ccccc1)C2=O. The minimum atomic E-state index is -0.319. The van der Waals surface area contributed by atoms with E-state index < -0.39 is 0 Å². The van der Waals surface area contributed by atoms with Crippen LogP contribution in [0.15, 0.2) is 71.8 Å². The number of benzene rings is 2. The maximum absolute atomic E-state index is 13.7. The van der Waals surface area contributed by atoms with Crippen LogP contribution in [0.3, 0.4) is 0 Å². The van der Waals surface area contributed by atoms with Crippen molar-refractivity contribution in [3.05, 3.63) is 82.9 Å². The van der Waals surface area contributed by atoms with Crippen molar-refractivity contribution in [3.63, 3.8) is 0 Å². The number of Topliss-reactive ketones (excluding diaryl/α,β-unsaturated/α-hetero) is 2. The summed E-state index contributed by atoms with van der Waals surface area (Å²) in [5.74, 6) is -0.0679. The van der Waals surface area contributed by atoms with E-state index in [1.165, 1.54) is 0 Å². The van der Waals surface area contributed by atoms with Gasteiger partial charge in [0, 0.05) is 30.9 Å². The topological polar surface area (TPSA) is 34.1 Å². The van der Waals surface area contributed by atoms with Gasteiger partial charge in [0.25, 0.3) is 0 Å². The van der Waals surface area contributed by atoms with Crippen molar-refractivity contribution < 1.29 is 9.59 Å². The molecular weight excluding hydrogens is 480 g/mol. The first-order valence-electron chi connectivity index (χ1n) is 9.27. The van der Waals surface area contributed by atoms with Gasteiger partial charge in [-0.05, 0) is 37.8 Å². The molecule has 28 heavy (non-hydrogen) atoms. The Labute approximate surface area is 182 Å². The third kappa shape index (κ3) is 3.07. The Morgan fingerprint density at radius 2 is 0.964 bits per heavy atom. The molecule has 0 saturated heterocycles. The highest BCUT2D eigenvalue weighted by molar-refractivity contribution is 9.13. The molecule has 0 radical (unpaired) electrons. The molecule has 0 aliphatic heterocycles. The molecule has 2 nitrogen and oxygen atoms in total. The molecule has 2 aliphatic rings. The predicted molar refractivity (Wildman–Crippen MR) is 121 cm³/mol. The highest BCUT2D eigenvalue weighted by atomic mass is 79.9. The third-order valence-corrected chi connectivity index (χ3v) is 8.69. The Morgan fingerprint density at radius 1 is 0.643 bits per heavy atom. The molecule has 0 aromatic heterocycles. The molecule has 0 bridgehead atoms. The number of carbonyl (C=O) groups excluding carboxylic acids is 2. The van der Waals surface area contributed by atoms with Crippen LogP contribution in [0.5, 0.6) is 0 Å². The van der Waals surface area contributed by atoms with Gasteiger partial charge in [-0.25, -0.2) is 0 Å². The minimum Gasteiger partial charge on any atom is -0.289 e. The first-order valence-corrected chi connectivity index (χ1v) is 10.9. The molecule has 142 valence electrons. The van der Waals surface area contributed by atoms with Crippen molar-refractivity contribution in [2.75, 3.05) is 0 Å². The van der Waals surface area contributed by atoms with Crippen LogP contribution in [0.4, 0.5) is 0 Å². The molecule has 0 N–H and O–H groups in total. The second kappa shape index (κ2) is 6.93. The van der Waals surface area contributed by atoms with Crippen LogP contribution in [-0.4, -0.2) is 20.2 Å². The fourth-order valence-corrected chi connectivity index (χ4v) is 4.81. The monoisotopic (exact) mass is 498 g/mol. The highest BCUT2D eigenvalue weighted by Gasteiger charge is 2.50. The highest BCUT2D eigenvalue weighted by Crippen LogP contribution is 2.54. The summed E-state index contributed by atoms with van der Waals surface area (Å²) in [5.41, 5.74) is 3.87. The number of hydrogen-bond donors (Lipinski definition) is 0.